The minimum Gasteiger partial charge on any atom is -0.480 e. The van der Waals surface area contributed by atoms with E-state index in [-0.39, 0.29) is 19.1 Å². The maximum absolute atomic E-state index is 12.9. The van der Waals surface area contributed by atoms with Crippen molar-refractivity contribution < 1.29 is 9.90 Å². The van der Waals surface area contributed by atoms with Gasteiger partial charge in [-0.05, 0) is 24.5 Å². The molecule has 2 aromatic rings. The molecule has 0 bridgehead atoms. The Balaban J connectivity index is 1.98. The number of rotatable bonds is 6. The predicted molar refractivity (Wildman–Crippen MR) is 107 cm³/mol. The Bertz CT molecular complexity index is 1070. The number of benzene rings is 1. The van der Waals surface area contributed by atoms with Gasteiger partial charge in [0.25, 0.3) is 5.56 Å². The summed E-state index contributed by atoms with van der Waals surface area (Å²) < 4.78 is 2.54. The second-order valence-corrected chi connectivity index (χ2v) is 7.10. The molecule has 29 heavy (non-hydrogen) atoms. The van der Waals surface area contributed by atoms with E-state index in [4.69, 9.17) is 5.11 Å². The number of anilines is 1. The highest BCUT2D eigenvalue weighted by molar-refractivity contribution is 5.69. The number of aromatic nitrogens is 2. The van der Waals surface area contributed by atoms with Crippen molar-refractivity contribution in [3.05, 3.63) is 62.3 Å². The van der Waals surface area contributed by atoms with Crippen LogP contribution in [-0.2, 0) is 18.4 Å². The number of hydrogen-bond donors (Lipinski definition) is 2. The number of carbonyl (C=O) groups is 1. The molecule has 2 heterocycles. The van der Waals surface area contributed by atoms with Gasteiger partial charge in [0.1, 0.15) is 5.82 Å². The zero-order chi connectivity index (χ0) is 21.0. The lowest BCUT2D eigenvalue weighted by atomic mass is 10.1. The number of nitriles is 1. The van der Waals surface area contributed by atoms with Crippen molar-refractivity contribution in [2.75, 3.05) is 24.5 Å². The van der Waals surface area contributed by atoms with Gasteiger partial charge < -0.3 is 15.3 Å². The number of nitrogens with one attached hydrogen (secondary N) is 1. The summed E-state index contributed by atoms with van der Waals surface area (Å²) in [6, 6.07) is 10.5. The highest BCUT2D eigenvalue weighted by Gasteiger charge is 2.24. The first-order chi connectivity index (χ1) is 13.9. The summed E-state index contributed by atoms with van der Waals surface area (Å²) >= 11 is 0. The lowest BCUT2D eigenvalue weighted by Gasteiger charge is -2.35. The highest BCUT2D eigenvalue weighted by atomic mass is 16.4. The van der Waals surface area contributed by atoms with Crippen molar-refractivity contribution >= 4 is 11.8 Å². The smallest absolute Gasteiger partial charge is 0.332 e. The van der Waals surface area contributed by atoms with Gasteiger partial charge in [-0.3, -0.25) is 18.7 Å². The number of hydrogen-bond acceptors (Lipinski definition) is 6. The van der Waals surface area contributed by atoms with E-state index in [9.17, 15) is 19.6 Å². The van der Waals surface area contributed by atoms with Gasteiger partial charge in [-0.25, -0.2) is 4.79 Å². The van der Waals surface area contributed by atoms with Crippen molar-refractivity contribution in [1.29, 1.82) is 5.26 Å². The lowest BCUT2D eigenvalue weighted by molar-refractivity contribution is -0.136. The SMILES string of the molecule is Cn1c(=O)cc(N2CCC[C@@H](NCC(=O)O)C2)n(Cc2ccccc2C#N)c1=O. The van der Waals surface area contributed by atoms with E-state index < -0.39 is 17.2 Å². The summed E-state index contributed by atoms with van der Waals surface area (Å²) in [6.07, 6.45) is 1.62. The average molecular weight is 397 g/mol. The average Bonchev–Trinajstić information content (AvgIpc) is 2.73. The predicted octanol–water partition coefficient (Wildman–Crippen LogP) is 0.110. The van der Waals surface area contributed by atoms with Crippen molar-refractivity contribution in [1.82, 2.24) is 14.5 Å². The lowest BCUT2D eigenvalue weighted by Crippen LogP contribution is -2.50. The molecule has 0 amide bonds. The zero-order valence-corrected chi connectivity index (χ0v) is 16.2. The van der Waals surface area contributed by atoms with Crippen LogP contribution < -0.4 is 21.5 Å². The molecule has 0 saturated carbocycles. The fraction of sp³-hybridized carbons (Fsp3) is 0.400. The first-order valence-corrected chi connectivity index (χ1v) is 9.39. The second kappa shape index (κ2) is 8.75. The van der Waals surface area contributed by atoms with Crippen molar-refractivity contribution in [3.8, 4) is 6.07 Å². The minimum atomic E-state index is -0.930. The molecule has 1 aromatic carbocycles. The molecule has 1 saturated heterocycles. The van der Waals surface area contributed by atoms with Gasteiger partial charge >= 0.3 is 11.7 Å². The van der Waals surface area contributed by atoms with E-state index in [1.165, 1.54) is 17.7 Å². The number of nitrogens with zero attached hydrogens (tertiary/aromatic N) is 4. The summed E-state index contributed by atoms with van der Waals surface area (Å²) in [6.45, 7) is 1.16. The molecule has 1 aliphatic heterocycles. The largest absolute Gasteiger partial charge is 0.480 e. The molecule has 1 aromatic heterocycles. The van der Waals surface area contributed by atoms with Gasteiger partial charge in [0.15, 0.2) is 0 Å². The molecular weight excluding hydrogens is 374 g/mol. The summed E-state index contributed by atoms with van der Waals surface area (Å²) in [5.74, 6) is -0.451. The van der Waals surface area contributed by atoms with Crippen LogP contribution in [0.1, 0.15) is 24.0 Å². The molecule has 9 heteroatoms. The fourth-order valence-corrected chi connectivity index (χ4v) is 3.59. The zero-order valence-electron chi connectivity index (χ0n) is 16.2. The Morgan fingerprint density at radius 2 is 2.10 bits per heavy atom. The molecule has 1 aliphatic rings. The molecular formula is C20H23N5O4. The minimum absolute atomic E-state index is 0.0566. The first-order valence-electron chi connectivity index (χ1n) is 9.39. The number of carboxylic acids is 1. The molecule has 1 fully saturated rings. The van der Waals surface area contributed by atoms with E-state index >= 15 is 0 Å². The van der Waals surface area contributed by atoms with Gasteiger partial charge in [-0.15, -0.1) is 0 Å². The third-order valence-electron chi connectivity index (χ3n) is 5.13. The topological polar surface area (TPSA) is 120 Å². The summed E-state index contributed by atoms with van der Waals surface area (Å²) in [5, 5.41) is 21.3. The Labute approximate surface area is 167 Å². The third-order valence-corrected chi connectivity index (χ3v) is 5.13. The second-order valence-electron chi connectivity index (χ2n) is 7.10. The van der Waals surface area contributed by atoms with Crippen LogP contribution >= 0.6 is 0 Å². The van der Waals surface area contributed by atoms with E-state index in [1.807, 2.05) is 4.90 Å². The number of carboxylic acid groups (broad SMARTS) is 1. The van der Waals surface area contributed by atoms with Crippen LogP contribution in [-0.4, -0.2) is 45.9 Å². The van der Waals surface area contributed by atoms with Crippen molar-refractivity contribution in [3.63, 3.8) is 0 Å². The van der Waals surface area contributed by atoms with Crippen LogP contribution in [0.2, 0.25) is 0 Å². The molecule has 3 rings (SSSR count). The highest BCUT2D eigenvalue weighted by Crippen LogP contribution is 2.19. The van der Waals surface area contributed by atoms with E-state index in [1.54, 1.807) is 24.3 Å². The number of aliphatic carboxylic acids is 1. The Morgan fingerprint density at radius 3 is 2.83 bits per heavy atom. The Kier molecular flexibility index (Phi) is 6.14. The first kappa shape index (κ1) is 20.4. The van der Waals surface area contributed by atoms with Gasteiger partial charge in [-0.1, -0.05) is 18.2 Å². The quantitative estimate of drug-likeness (QED) is 0.710. The molecule has 1 atom stereocenters. The van der Waals surface area contributed by atoms with E-state index in [0.717, 1.165) is 17.4 Å². The monoisotopic (exact) mass is 397 g/mol. The van der Waals surface area contributed by atoms with E-state index in [2.05, 4.69) is 11.4 Å². The van der Waals surface area contributed by atoms with Gasteiger partial charge in [0.2, 0.25) is 0 Å². The number of piperidine rings is 1. The summed E-state index contributed by atoms with van der Waals surface area (Å²) in [7, 11) is 1.43. The van der Waals surface area contributed by atoms with Gasteiger partial charge in [-0.2, -0.15) is 5.26 Å². The van der Waals surface area contributed by atoms with Crippen LogP contribution in [0.3, 0.4) is 0 Å². The normalized spacial score (nSPS) is 16.4. The van der Waals surface area contributed by atoms with Crippen molar-refractivity contribution in [2.24, 2.45) is 7.05 Å². The van der Waals surface area contributed by atoms with Crippen LogP contribution in [0.5, 0.6) is 0 Å². The Hall–Kier alpha value is -3.38. The van der Waals surface area contributed by atoms with Crippen LogP contribution in [0.15, 0.2) is 39.9 Å². The fourth-order valence-electron chi connectivity index (χ4n) is 3.59. The molecule has 0 spiro atoms. The maximum Gasteiger partial charge on any atom is 0.332 e. The molecule has 0 aliphatic carbocycles. The maximum atomic E-state index is 12.9. The van der Waals surface area contributed by atoms with Crippen LogP contribution in [0, 0.1) is 11.3 Å². The molecule has 2 N–H and O–H groups in total. The molecule has 0 unspecified atom stereocenters. The van der Waals surface area contributed by atoms with Gasteiger partial charge in [0.05, 0.1) is 24.7 Å². The molecule has 152 valence electrons. The summed E-state index contributed by atoms with van der Waals surface area (Å²) in [5.41, 5.74) is 0.296. The standard InChI is InChI=1S/C20H23N5O4/c1-23-18(26)9-17(24-8-4-7-16(13-24)22-11-19(27)28)25(20(23)29)12-15-6-3-2-5-14(15)10-21/h2-3,5-6,9,16,22H,4,7-8,11-13H2,1H3,(H,27,28)/t16-/m1/s1. The van der Waals surface area contributed by atoms with Gasteiger partial charge in [0, 0.05) is 32.2 Å². The van der Waals surface area contributed by atoms with E-state index in [0.29, 0.717) is 30.0 Å². The summed E-state index contributed by atoms with van der Waals surface area (Å²) in [4.78, 5) is 38.0. The molecule has 0 radical (unpaired) electrons. The third kappa shape index (κ3) is 4.55. The van der Waals surface area contributed by atoms with Crippen LogP contribution in [0.25, 0.3) is 0 Å². The van der Waals surface area contributed by atoms with Crippen molar-refractivity contribution in [2.45, 2.75) is 25.4 Å². The Morgan fingerprint density at radius 1 is 1.34 bits per heavy atom. The van der Waals surface area contributed by atoms with Crippen LogP contribution in [0.4, 0.5) is 5.82 Å². The molecule has 9 nitrogen and oxygen atoms in total.